The van der Waals surface area contributed by atoms with Crippen molar-refractivity contribution in [2.45, 2.75) is 44.6 Å². The smallest absolute Gasteiger partial charge is 0.272 e. The summed E-state index contributed by atoms with van der Waals surface area (Å²) in [5, 5.41) is 0. The Bertz CT molecular complexity index is 623. The summed E-state index contributed by atoms with van der Waals surface area (Å²) in [5.74, 6) is 1.74. The lowest BCUT2D eigenvalue weighted by Crippen LogP contribution is -2.57. The highest BCUT2D eigenvalue weighted by Gasteiger charge is 2.54. The van der Waals surface area contributed by atoms with Crippen molar-refractivity contribution >= 4 is 11.8 Å². The summed E-state index contributed by atoms with van der Waals surface area (Å²) in [4.78, 5) is 25.3. The van der Waals surface area contributed by atoms with Crippen molar-refractivity contribution < 1.29 is 14.3 Å². The topological polar surface area (TPSA) is 67.4 Å². The monoisotopic (exact) mass is 342 g/mol. The van der Waals surface area contributed by atoms with E-state index in [0.717, 1.165) is 24.8 Å². The quantitative estimate of drug-likeness (QED) is 0.827. The van der Waals surface area contributed by atoms with Crippen LogP contribution in [-0.4, -0.2) is 18.9 Å². The average Bonchev–Trinajstić information content (AvgIpc) is 2.60. The summed E-state index contributed by atoms with van der Waals surface area (Å²) in [6, 6.07) is 9.30. The minimum absolute atomic E-state index is 0.0112. The van der Waals surface area contributed by atoms with Crippen molar-refractivity contribution in [3.8, 4) is 0 Å². The van der Waals surface area contributed by atoms with Crippen molar-refractivity contribution in [3.63, 3.8) is 0 Å². The molecule has 5 nitrogen and oxygen atoms in total. The molecule has 4 bridgehead atoms. The predicted molar refractivity (Wildman–Crippen MR) is 93.1 cm³/mol. The van der Waals surface area contributed by atoms with Crippen molar-refractivity contribution in [3.05, 3.63) is 35.9 Å². The Morgan fingerprint density at radius 1 is 1.00 bits per heavy atom. The summed E-state index contributed by atoms with van der Waals surface area (Å²) in [6.07, 6.45) is 6.08. The van der Waals surface area contributed by atoms with Gasteiger partial charge in [0.25, 0.3) is 5.91 Å². The van der Waals surface area contributed by atoms with E-state index in [9.17, 15) is 9.59 Å². The summed E-state index contributed by atoms with van der Waals surface area (Å²) in [7, 11) is 1.50. The van der Waals surface area contributed by atoms with Crippen LogP contribution in [0.5, 0.6) is 0 Å². The second kappa shape index (κ2) is 6.45. The molecule has 0 saturated heterocycles. The first-order chi connectivity index (χ1) is 12.1. The number of carbonyl (C=O) groups is 2. The van der Waals surface area contributed by atoms with E-state index < -0.39 is 6.10 Å². The van der Waals surface area contributed by atoms with Crippen LogP contribution in [-0.2, 0) is 14.3 Å². The Labute approximate surface area is 148 Å². The number of benzene rings is 1. The number of carbonyl (C=O) groups excluding carboxylic acids is 2. The molecule has 5 heteroatoms. The lowest BCUT2D eigenvalue weighted by atomic mass is 9.49. The Morgan fingerprint density at radius 2 is 1.56 bits per heavy atom. The molecule has 0 radical (unpaired) electrons. The van der Waals surface area contributed by atoms with Crippen LogP contribution in [0.4, 0.5) is 0 Å². The molecule has 1 aromatic rings. The van der Waals surface area contributed by atoms with Crippen LogP contribution in [0, 0.1) is 23.2 Å². The van der Waals surface area contributed by atoms with E-state index in [0.29, 0.717) is 17.8 Å². The van der Waals surface area contributed by atoms with Gasteiger partial charge in [-0.05, 0) is 61.8 Å². The maximum Gasteiger partial charge on any atom is 0.272 e. The largest absolute Gasteiger partial charge is 0.367 e. The van der Waals surface area contributed by atoms with Gasteiger partial charge in [0, 0.05) is 7.11 Å². The second-order valence-electron chi connectivity index (χ2n) is 8.17. The standard InChI is InChI=1S/C20H26N2O3/c1-25-17(16-5-3-2-4-6-16)18(23)21-22-19(24)20-10-13-7-14(11-20)9-15(8-13)12-20/h2-6,13-15,17H,7-12H2,1H3,(H,21,23)(H,22,24). The van der Waals surface area contributed by atoms with Crippen LogP contribution in [0.3, 0.4) is 0 Å². The van der Waals surface area contributed by atoms with E-state index in [-0.39, 0.29) is 17.2 Å². The first kappa shape index (κ1) is 16.6. The number of hydrogen-bond acceptors (Lipinski definition) is 3. The Morgan fingerprint density at radius 3 is 2.08 bits per heavy atom. The highest BCUT2D eigenvalue weighted by atomic mass is 16.5. The van der Waals surface area contributed by atoms with Gasteiger partial charge in [-0.2, -0.15) is 0 Å². The highest BCUT2D eigenvalue weighted by molar-refractivity contribution is 5.88. The third-order valence-corrected chi connectivity index (χ3v) is 6.40. The molecule has 2 N–H and O–H groups in total. The van der Waals surface area contributed by atoms with Gasteiger partial charge in [-0.1, -0.05) is 30.3 Å². The SMILES string of the molecule is COC(C(=O)NNC(=O)C12CC3CC(CC(C3)C1)C2)c1ccccc1. The van der Waals surface area contributed by atoms with Gasteiger partial charge in [-0.3, -0.25) is 20.4 Å². The molecule has 25 heavy (non-hydrogen) atoms. The van der Waals surface area contributed by atoms with Crippen LogP contribution in [0.25, 0.3) is 0 Å². The first-order valence-corrected chi connectivity index (χ1v) is 9.28. The number of nitrogens with one attached hydrogen (secondary N) is 2. The Hall–Kier alpha value is -1.88. The van der Waals surface area contributed by atoms with Crippen molar-refractivity contribution in [2.75, 3.05) is 7.11 Å². The molecule has 134 valence electrons. The lowest BCUT2D eigenvalue weighted by molar-refractivity contribution is -0.150. The van der Waals surface area contributed by atoms with Crippen molar-refractivity contribution in [2.24, 2.45) is 23.2 Å². The molecule has 5 rings (SSSR count). The molecular weight excluding hydrogens is 316 g/mol. The number of methoxy groups -OCH3 is 1. The van der Waals surface area contributed by atoms with E-state index in [1.165, 1.54) is 26.4 Å². The van der Waals surface area contributed by atoms with Gasteiger partial charge in [0.15, 0.2) is 6.10 Å². The number of amides is 2. The van der Waals surface area contributed by atoms with E-state index in [4.69, 9.17) is 4.74 Å². The zero-order chi connectivity index (χ0) is 17.4. The molecule has 4 aliphatic rings. The molecule has 2 amide bonds. The van der Waals surface area contributed by atoms with Gasteiger partial charge in [0.05, 0.1) is 5.41 Å². The predicted octanol–water partition coefficient (Wildman–Crippen LogP) is 2.74. The molecule has 0 spiro atoms. The van der Waals surface area contributed by atoms with Crippen LogP contribution < -0.4 is 10.9 Å². The van der Waals surface area contributed by atoms with E-state index in [1.54, 1.807) is 0 Å². The van der Waals surface area contributed by atoms with Gasteiger partial charge in [-0.25, -0.2) is 0 Å². The molecule has 0 aliphatic heterocycles. The normalized spacial score (nSPS) is 33.7. The van der Waals surface area contributed by atoms with Crippen molar-refractivity contribution in [1.29, 1.82) is 0 Å². The third kappa shape index (κ3) is 3.06. The maximum absolute atomic E-state index is 12.9. The number of ether oxygens (including phenoxy) is 1. The minimum Gasteiger partial charge on any atom is -0.367 e. The molecule has 0 aromatic heterocycles. The summed E-state index contributed by atoms with van der Waals surface area (Å²) < 4.78 is 5.32. The van der Waals surface area contributed by atoms with Crippen molar-refractivity contribution in [1.82, 2.24) is 10.9 Å². The fourth-order valence-corrected chi connectivity index (χ4v) is 5.73. The molecule has 0 heterocycles. The van der Waals surface area contributed by atoms with Gasteiger partial charge in [0.2, 0.25) is 5.91 Å². The van der Waals surface area contributed by atoms with Crippen LogP contribution in [0.2, 0.25) is 0 Å². The fraction of sp³-hybridized carbons (Fsp3) is 0.600. The second-order valence-corrected chi connectivity index (χ2v) is 8.17. The van der Waals surface area contributed by atoms with E-state index >= 15 is 0 Å². The molecule has 1 atom stereocenters. The lowest BCUT2D eigenvalue weighted by Gasteiger charge is -2.55. The zero-order valence-electron chi connectivity index (χ0n) is 14.7. The van der Waals surface area contributed by atoms with Crippen LogP contribution in [0.1, 0.15) is 50.2 Å². The van der Waals surface area contributed by atoms with Gasteiger partial charge in [-0.15, -0.1) is 0 Å². The molecule has 4 saturated carbocycles. The van der Waals surface area contributed by atoms with Crippen LogP contribution >= 0.6 is 0 Å². The molecule has 4 fully saturated rings. The molecular formula is C20H26N2O3. The fourth-order valence-electron chi connectivity index (χ4n) is 5.73. The summed E-state index contributed by atoms with van der Waals surface area (Å²) in [5.41, 5.74) is 5.80. The Balaban J connectivity index is 1.39. The van der Waals surface area contributed by atoms with E-state index in [2.05, 4.69) is 10.9 Å². The first-order valence-electron chi connectivity index (χ1n) is 9.28. The Kier molecular flexibility index (Phi) is 4.28. The highest BCUT2D eigenvalue weighted by Crippen LogP contribution is 2.60. The average molecular weight is 342 g/mol. The van der Waals surface area contributed by atoms with Gasteiger partial charge in [0.1, 0.15) is 0 Å². The van der Waals surface area contributed by atoms with Crippen LogP contribution in [0.15, 0.2) is 30.3 Å². The summed E-state index contributed by atoms with van der Waals surface area (Å²) in [6.45, 7) is 0. The van der Waals surface area contributed by atoms with Gasteiger partial charge < -0.3 is 4.74 Å². The minimum atomic E-state index is -0.724. The van der Waals surface area contributed by atoms with E-state index in [1.807, 2.05) is 30.3 Å². The molecule has 1 unspecified atom stereocenters. The number of rotatable bonds is 4. The van der Waals surface area contributed by atoms with Gasteiger partial charge >= 0.3 is 0 Å². The zero-order valence-corrected chi connectivity index (χ0v) is 14.7. The molecule has 4 aliphatic carbocycles. The number of hydrogen-bond donors (Lipinski definition) is 2. The third-order valence-electron chi connectivity index (χ3n) is 6.40. The summed E-state index contributed by atoms with van der Waals surface area (Å²) >= 11 is 0. The maximum atomic E-state index is 12.9. The number of hydrazine groups is 1. The molecule has 1 aromatic carbocycles.